The monoisotopic (exact) mass is 409 g/mol. The van der Waals surface area contributed by atoms with Crippen LogP contribution in [0.3, 0.4) is 0 Å². The van der Waals surface area contributed by atoms with Crippen molar-refractivity contribution in [2.45, 2.75) is 0 Å². The van der Waals surface area contributed by atoms with Crippen LogP contribution in [0, 0.1) is 0 Å². The molecule has 0 N–H and O–H groups in total. The molecule has 1 nitrogen and oxygen atoms in total. The third-order valence-electron chi connectivity index (χ3n) is 6.47. The summed E-state index contributed by atoms with van der Waals surface area (Å²) in [5.41, 5.74) is 4.87. The van der Waals surface area contributed by atoms with E-state index in [0.717, 1.165) is 0 Å². The van der Waals surface area contributed by atoms with Gasteiger partial charge in [0, 0.05) is 23.8 Å². The number of rotatable bonds is 3. The molecule has 1 heteroatoms. The van der Waals surface area contributed by atoms with Gasteiger partial charge in [0.25, 0.3) is 0 Å². The molecule has 0 amide bonds. The Morgan fingerprint density at radius 2 is 1.03 bits per heavy atom. The Kier molecular flexibility index (Phi) is 4.40. The topological polar surface area (TPSA) is 3.24 Å². The summed E-state index contributed by atoms with van der Waals surface area (Å²) in [5.74, 6) is 0. The Labute approximate surface area is 188 Å². The SMILES string of the molecule is CN(c1ccc(-c2ccccc2)cc1)c1cc2c3ccccc3ccc2c2ccccc12. The predicted octanol–water partition coefficient (Wildman–Crippen LogP) is 8.58. The Balaban J connectivity index is 1.54. The molecule has 0 atom stereocenters. The van der Waals surface area contributed by atoms with Crippen molar-refractivity contribution in [3.63, 3.8) is 0 Å². The highest BCUT2D eigenvalue weighted by molar-refractivity contribution is 6.20. The minimum atomic E-state index is 1.18. The molecule has 6 aromatic carbocycles. The average Bonchev–Trinajstić information content (AvgIpc) is 2.88. The van der Waals surface area contributed by atoms with Gasteiger partial charge in [-0.2, -0.15) is 0 Å². The molecule has 6 aromatic rings. The van der Waals surface area contributed by atoms with Gasteiger partial charge < -0.3 is 4.90 Å². The van der Waals surface area contributed by atoms with Crippen LogP contribution in [0.25, 0.3) is 43.4 Å². The van der Waals surface area contributed by atoms with Gasteiger partial charge in [-0.25, -0.2) is 0 Å². The van der Waals surface area contributed by atoms with E-state index in [1.54, 1.807) is 0 Å². The first-order chi connectivity index (χ1) is 15.8. The number of hydrogen-bond donors (Lipinski definition) is 0. The van der Waals surface area contributed by atoms with Crippen LogP contribution in [-0.2, 0) is 0 Å². The zero-order valence-electron chi connectivity index (χ0n) is 18.0. The Morgan fingerprint density at radius 3 is 1.81 bits per heavy atom. The minimum absolute atomic E-state index is 1.18. The second kappa shape index (κ2) is 7.55. The van der Waals surface area contributed by atoms with E-state index in [9.17, 15) is 0 Å². The summed E-state index contributed by atoms with van der Waals surface area (Å²) in [6, 6.07) is 43.6. The van der Waals surface area contributed by atoms with Gasteiger partial charge in [0.05, 0.1) is 0 Å². The fourth-order valence-corrected chi connectivity index (χ4v) is 4.77. The van der Waals surface area contributed by atoms with E-state index in [4.69, 9.17) is 0 Å². The molecule has 0 saturated heterocycles. The third kappa shape index (κ3) is 3.02. The highest BCUT2D eigenvalue weighted by Crippen LogP contribution is 2.39. The first-order valence-corrected chi connectivity index (χ1v) is 11.0. The lowest BCUT2D eigenvalue weighted by Gasteiger charge is -2.23. The summed E-state index contributed by atoms with van der Waals surface area (Å²) in [4.78, 5) is 2.30. The van der Waals surface area contributed by atoms with E-state index in [1.165, 1.54) is 54.8 Å². The molecule has 0 unspecified atom stereocenters. The van der Waals surface area contributed by atoms with Crippen molar-refractivity contribution in [1.82, 2.24) is 0 Å². The lowest BCUT2D eigenvalue weighted by Crippen LogP contribution is -2.10. The van der Waals surface area contributed by atoms with Gasteiger partial charge >= 0.3 is 0 Å². The quantitative estimate of drug-likeness (QED) is 0.265. The molecule has 152 valence electrons. The largest absolute Gasteiger partial charge is 0.344 e. The second-order valence-electron chi connectivity index (χ2n) is 8.30. The summed E-state index contributed by atoms with van der Waals surface area (Å²) in [5, 5.41) is 7.73. The molecule has 0 radical (unpaired) electrons. The fraction of sp³-hybridized carbons (Fsp3) is 0.0323. The maximum Gasteiger partial charge on any atom is 0.0494 e. The number of anilines is 2. The molecule has 0 aromatic heterocycles. The normalized spacial score (nSPS) is 11.3. The summed E-state index contributed by atoms with van der Waals surface area (Å²) < 4.78 is 0. The molecule has 0 fully saturated rings. The van der Waals surface area contributed by atoms with Crippen LogP contribution in [0.15, 0.2) is 121 Å². The Hall–Kier alpha value is -4.10. The van der Waals surface area contributed by atoms with Crippen molar-refractivity contribution < 1.29 is 0 Å². The van der Waals surface area contributed by atoms with Crippen LogP contribution in [0.2, 0.25) is 0 Å². The summed E-state index contributed by atoms with van der Waals surface area (Å²) in [6.07, 6.45) is 0. The number of fused-ring (bicyclic) bond motifs is 5. The van der Waals surface area contributed by atoms with Gasteiger partial charge in [0.15, 0.2) is 0 Å². The first-order valence-electron chi connectivity index (χ1n) is 11.0. The first kappa shape index (κ1) is 18.7. The molecule has 6 rings (SSSR count). The van der Waals surface area contributed by atoms with E-state index in [2.05, 4.69) is 133 Å². The highest BCUT2D eigenvalue weighted by Gasteiger charge is 2.13. The molecule has 0 saturated carbocycles. The highest BCUT2D eigenvalue weighted by atomic mass is 15.1. The van der Waals surface area contributed by atoms with E-state index >= 15 is 0 Å². The van der Waals surface area contributed by atoms with Gasteiger partial charge in [-0.15, -0.1) is 0 Å². The maximum absolute atomic E-state index is 2.35. The Morgan fingerprint density at radius 1 is 0.438 bits per heavy atom. The van der Waals surface area contributed by atoms with Gasteiger partial charge in [0.1, 0.15) is 0 Å². The fourth-order valence-electron chi connectivity index (χ4n) is 4.77. The van der Waals surface area contributed by atoms with Crippen LogP contribution in [0.4, 0.5) is 11.4 Å². The van der Waals surface area contributed by atoms with Crippen LogP contribution in [-0.4, -0.2) is 7.05 Å². The van der Waals surface area contributed by atoms with Crippen molar-refractivity contribution >= 4 is 43.7 Å². The van der Waals surface area contributed by atoms with Gasteiger partial charge in [-0.3, -0.25) is 0 Å². The van der Waals surface area contributed by atoms with E-state index in [0.29, 0.717) is 0 Å². The molecular weight excluding hydrogens is 386 g/mol. The molecule has 0 heterocycles. The van der Waals surface area contributed by atoms with E-state index in [1.807, 2.05) is 0 Å². The predicted molar refractivity (Wildman–Crippen MR) is 139 cm³/mol. The Bertz CT molecular complexity index is 1560. The van der Waals surface area contributed by atoms with Crippen LogP contribution < -0.4 is 4.90 Å². The van der Waals surface area contributed by atoms with E-state index in [-0.39, 0.29) is 0 Å². The zero-order chi connectivity index (χ0) is 21.5. The molecular formula is C31H23N. The average molecular weight is 410 g/mol. The summed E-state index contributed by atoms with van der Waals surface area (Å²) in [7, 11) is 2.16. The van der Waals surface area contributed by atoms with Crippen molar-refractivity contribution in [1.29, 1.82) is 0 Å². The van der Waals surface area contributed by atoms with Crippen molar-refractivity contribution in [3.8, 4) is 11.1 Å². The molecule has 0 aliphatic carbocycles. The second-order valence-corrected chi connectivity index (χ2v) is 8.30. The third-order valence-corrected chi connectivity index (χ3v) is 6.47. The van der Waals surface area contributed by atoms with Crippen molar-refractivity contribution in [2.75, 3.05) is 11.9 Å². The summed E-state index contributed by atoms with van der Waals surface area (Å²) >= 11 is 0. The summed E-state index contributed by atoms with van der Waals surface area (Å²) in [6.45, 7) is 0. The van der Waals surface area contributed by atoms with Crippen molar-refractivity contribution in [2.24, 2.45) is 0 Å². The molecule has 0 spiro atoms. The molecule has 32 heavy (non-hydrogen) atoms. The maximum atomic E-state index is 2.35. The zero-order valence-corrected chi connectivity index (χ0v) is 18.0. The van der Waals surface area contributed by atoms with Crippen LogP contribution in [0.1, 0.15) is 0 Å². The molecule has 0 aliphatic heterocycles. The van der Waals surface area contributed by atoms with Gasteiger partial charge in [-0.1, -0.05) is 103 Å². The minimum Gasteiger partial charge on any atom is -0.344 e. The van der Waals surface area contributed by atoms with Gasteiger partial charge in [-0.05, 0) is 56.3 Å². The van der Waals surface area contributed by atoms with Gasteiger partial charge in [0.2, 0.25) is 0 Å². The van der Waals surface area contributed by atoms with Crippen molar-refractivity contribution in [3.05, 3.63) is 121 Å². The lowest BCUT2D eigenvalue weighted by molar-refractivity contribution is 1.23. The smallest absolute Gasteiger partial charge is 0.0494 e. The van der Waals surface area contributed by atoms with E-state index < -0.39 is 0 Å². The number of hydrogen-bond acceptors (Lipinski definition) is 1. The standard InChI is InChI=1S/C31H23N/c1-32(25-18-15-23(16-19-25)22-9-3-2-4-10-22)31-21-30-26-12-6-5-11-24(26)17-20-28(30)27-13-7-8-14-29(27)31/h2-21H,1H3. The van der Waals surface area contributed by atoms with Crippen LogP contribution in [0.5, 0.6) is 0 Å². The lowest BCUT2D eigenvalue weighted by atomic mass is 9.95. The van der Waals surface area contributed by atoms with Crippen LogP contribution >= 0.6 is 0 Å². The number of nitrogens with zero attached hydrogens (tertiary/aromatic N) is 1. The molecule has 0 aliphatic rings. The number of benzene rings is 6. The molecule has 0 bridgehead atoms.